The van der Waals surface area contributed by atoms with Gasteiger partial charge in [-0.25, -0.2) is 0 Å². The summed E-state index contributed by atoms with van der Waals surface area (Å²) < 4.78 is 0. The fourth-order valence-corrected chi connectivity index (χ4v) is 0.0732. The molecular weight excluding hydrogens is 105 g/mol. The quantitative estimate of drug-likeness (QED) is 0.362. The van der Waals surface area contributed by atoms with Crippen molar-refractivity contribution < 1.29 is 4.79 Å². The van der Waals surface area contributed by atoms with Crippen molar-refractivity contribution in [2.24, 2.45) is 5.18 Å². The normalized spacial score (nSPS) is 7.50. The minimum absolute atomic E-state index is 0.316. The topological polar surface area (TPSA) is 46.5 Å². The van der Waals surface area contributed by atoms with Crippen LogP contribution in [0.3, 0.4) is 0 Å². The second kappa shape index (κ2) is 2.78. The molecule has 0 spiro atoms. The van der Waals surface area contributed by atoms with E-state index < -0.39 is 5.91 Å². The number of halogens is 1. The second-order valence-electron chi connectivity index (χ2n) is 0.619. The average Bonchev–Trinajstić information content (AvgIpc) is 1.65. The first-order valence-corrected chi connectivity index (χ1v) is 1.77. The SMILES string of the molecule is O=NC(=O)CCl. The van der Waals surface area contributed by atoms with Gasteiger partial charge in [-0.05, 0) is 0 Å². The summed E-state index contributed by atoms with van der Waals surface area (Å²) >= 11 is 4.81. The van der Waals surface area contributed by atoms with Gasteiger partial charge in [0.15, 0.2) is 0 Å². The molecule has 0 saturated heterocycles. The summed E-state index contributed by atoms with van der Waals surface area (Å²) in [6, 6.07) is 0. The predicted molar refractivity (Wildman–Crippen MR) is 21.5 cm³/mol. The number of hydrogen-bond donors (Lipinski definition) is 0. The zero-order valence-electron chi connectivity index (χ0n) is 2.85. The van der Waals surface area contributed by atoms with Gasteiger partial charge < -0.3 is 0 Å². The lowest BCUT2D eigenvalue weighted by Gasteiger charge is -1.67. The molecule has 0 aliphatic rings. The molecular formula is C2H2ClNO2. The fraction of sp³-hybridized carbons (Fsp3) is 0.500. The molecule has 0 aromatic heterocycles. The highest BCUT2D eigenvalue weighted by Gasteiger charge is 1.91. The number of carbonyl (C=O) groups excluding carboxylic acids is 1. The number of nitrogens with zero attached hydrogens (tertiary/aromatic N) is 1. The van der Waals surface area contributed by atoms with E-state index in [0.29, 0.717) is 0 Å². The number of carbonyl (C=O) groups is 1. The van der Waals surface area contributed by atoms with Crippen LogP contribution in [0.25, 0.3) is 0 Å². The molecule has 4 heteroatoms. The molecule has 0 fully saturated rings. The van der Waals surface area contributed by atoms with Crippen LogP contribution in [-0.4, -0.2) is 11.8 Å². The maximum atomic E-state index is 9.57. The van der Waals surface area contributed by atoms with Gasteiger partial charge in [0.05, 0.1) is 0 Å². The van der Waals surface area contributed by atoms with Gasteiger partial charge in [0, 0.05) is 5.18 Å². The molecule has 6 heavy (non-hydrogen) atoms. The van der Waals surface area contributed by atoms with E-state index in [1.807, 2.05) is 5.18 Å². The minimum Gasteiger partial charge on any atom is -0.268 e. The number of amides is 1. The van der Waals surface area contributed by atoms with E-state index in [1.54, 1.807) is 0 Å². The van der Waals surface area contributed by atoms with Gasteiger partial charge >= 0.3 is 5.91 Å². The van der Waals surface area contributed by atoms with Gasteiger partial charge in [-0.1, -0.05) is 0 Å². The largest absolute Gasteiger partial charge is 0.300 e. The van der Waals surface area contributed by atoms with E-state index in [9.17, 15) is 4.79 Å². The second-order valence-corrected chi connectivity index (χ2v) is 0.886. The van der Waals surface area contributed by atoms with E-state index in [0.717, 1.165) is 0 Å². The molecule has 0 saturated carbocycles. The molecule has 3 nitrogen and oxygen atoms in total. The third kappa shape index (κ3) is 1.84. The van der Waals surface area contributed by atoms with E-state index in [4.69, 9.17) is 16.5 Å². The van der Waals surface area contributed by atoms with Crippen LogP contribution in [0.15, 0.2) is 5.18 Å². The maximum Gasteiger partial charge on any atom is 0.300 e. The first-order chi connectivity index (χ1) is 2.81. The Kier molecular flexibility index (Phi) is 2.58. The highest BCUT2D eigenvalue weighted by molar-refractivity contribution is 6.27. The van der Waals surface area contributed by atoms with E-state index in [-0.39, 0.29) is 5.88 Å². The smallest absolute Gasteiger partial charge is 0.268 e. The third-order valence-electron chi connectivity index (χ3n) is 0.216. The van der Waals surface area contributed by atoms with Crippen LogP contribution in [-0.2, 0) is 4.79 Å². The Morgan fingerprint density at radius 2 is 2.33 bits per heavy atom. The number of alkyl halides is 1. The van der Waals surface area contributed by atoms with Gasteiger partial charge in [0.25, 0.3) is 0 Å². The number of rotatable bonds is 1. The number of hydrogen-bond acceptors (Lipinski definition) is 2. The van der Waals surface area contributed by atoms with E-state index in [2.05, 4.69) is 0 Å². The minimum atomic E-state index is -0.823. The molecule has 0 radical (unpaired) electrons. The van der Waals surface area contributed by atoms with Crippen LogP contribution in [0.2, 0.25) is 0 Å². The summed E-state index contributed by atoms with van der Waals surface area (Å²) in [6.07, 6.45) is 0. The number of nitroso groups, excluding NO2 is 1. The van der Waals surface area contributed by atoms with Crippen LogP contribution in [0.4, 0.5) is 0 Å². The van der Waals surface area contributed by atoms with Crippen molar-refractivity contribution in [3.8, 4) is 0 Å². The van der Waals surface area contributed by atoms with Gasteiger partial charge in [-0.3, -0.25) is 4.79 Å². The molecule has 0 aromatic carbocycles. The first-order valence-electron chi connectivity index (χ1n) is 1.23. The standard InChI is InChI=1S/C2H2ClNO2/c3-1-2(5)4-6/h1H2. The molecule has 34 valence electrons. The van der Waals surface area contributed by atoms with Gasteiger partial charge in [0.2, 0.25) is 0 Å². The van der Waals surface area contributed by atoms with Crippen molar-refractivity contribution in [2.45, 2.75) is 0 Å². The fourth-order valence-electron chi connectivity index (χ4n) is 0.0244. The zero-order valence-corrected chi connectivity index (χ0v) is 3.60. The van der Waals surface area contributed by atoms with E-state index in [1.165, 1.54) is 0 Å². The summed E-state index contributed by atoms with van der Waals surface area (Å²) in [6.45, 7) is 0. The summed E-state index contributed by atoms with van der Waals surface area (Å²) in [4.78, 5) is 18.6. The molecule has 0 atom stereocenters. The van der Waals surface area contributed by atoms with Crippen molar-refractivity contribution in [1.82, 2.24) is 0 Å². The van der Waals surface area contributed by atoms with Crippen molar-refractivity contribution >= 4 is 17.5 Å². The van der Waals surface area contributed by atoms with E-state index >= 15 is 0 Å². The monoisotopic (exact) mass is 107 g/mol. The molecule has 0 aliphatic heterocycles. The van der Waals surface area contributed by atoms with Crippen molar-refractivity contribution in [2.75, 3.05) is 5.88 Å². The summed E-state index contributed by atoms with van der Waals surface area (Å²) in [5.41, 5.74) is 0. The Bertz CT molecular complexity index is 71.9. The zero-order chi connectivity index (χ0) is 4.99. The Balaban J connectivity index is 3.23. The van der Waals surface area contributed by atoms with Crippen LogP contribution < -0.4 is 0 Å². The van der Waals surface area contributed by atoms with Gasteiger partial charge in [0.1, 0.15) is 5.88 Å². The van der Waals surface area contributed by atoms with Crippen LogP contribution in [0.5, 0.6) is 0 Å². The highest BCUT2D eigenvalue weighted by atomic mass is 35.5. The molecule has 0 unspecified atom stereocenters. The molecule has 0 aliphatic carbocycles. The van der Waals surface area contributed by atoms with Crippen molar-refractivity contribution in [1.29, 1.82) is 0 Å². The molecule has 0 N–H and O–H groups in total. The highest BCUT2D eigenvalue weighted by Crippen LogP contribution is 1.75. The Hall–Kier alpha value is -0.440. The van der Waals surface area contributed by atoms with Gasteiger partial charge in [-0.2, -0.15) is 0 Å². The van der Waals surface area contributed by atoms with Gasteiger partial charge in [-0.15, -0.1) is 16.5 Å². The first kappa shape index (κ1) is 5.56. The lowest BCUT2D eigenvalue weighted by atomic mass is 10.8. The Morgan fingerprint density at radius 3 is 2.33 bits per heavy atom. The third-order valence-corrected chi connectivity index (χ3v) is 0.445. The summed E-state index contributed by atoms with van der Waals surface area (Å²) in [5, 5.41) is 1.99. The predicted octanol–water partition coefficient (Wildman–Crippen LogP) is 0.518. The average molecular weight is 107 g/mol. The maximum absolute atomic E-state index is 9.57. The lowest BCUT2D eigenvalue weighted by Crippen LogP contribution is -1.89. The molecule has 0 rings (SSSR count). The van der Waals surface area contributed by atoms with Crippen LogP contribution >= 0.6 is 11.6 Å². The summed E-state index contributed by atoms with van der Waals surface area (Å²) in [7, 11) is 0. The molecule has 0 aromatic rings. The molecule has 0 bridgehead atoms. The summed E-state index contributed by atoms with van der Waals surface area (Å²) in [5.74, 6) is -1.14. The molecule has 1 amide bonds. The van der Waals surface area contributed by atoms with Crippen LogP contribution in [0.1, 0.15) is 0 Å². The molecule has 0 heterocycles. The Morgan fingerprint density at radius 1 is 1.83 bits per heavy atom. The Labute approximate surface area is 39.3 Å². The van der Waals surface area contributed by atoms with Crippen molar-refractivity contribution in [3.05, 3.63) is 4.91 Å². The lowest BCUT2D eigenvalue weighted by molar-refractivity contribution is -0.115. The van der Waals surface area contributed by atoms with Crippen molar-refractivity contribution in [3.63, 3.8) is 0 Å². The van der Waals surface area contributed by atoms with Crippen LogP contribution in [0, 0.1) is 4.91 Å².